The molecule has 0 bridgehead atoms. The van der Waals surface area contributed by atoms with E-state index in [4.69, 9.17) is 4.74 Å². The third-order valence-corrected chi connectivity index (χ3v) is 5.82. The van der Waals surface area contributed by atoms with Crippen LogP contribution >= 0.6 is 11.8 Å². The Balaban J connectivity index is 2.00. The summed E-state index contributed by atoms with van der Waals surface area (Å²) in [5, 5.41) is 5.46. The molecule has 1 amide bonds. The van der Waals surface area contributed by atoms with E-state index >= 15 is 0 Å². The van der Waals surface area contributed by atoms with E-state index in [1.165, 1.54) is 31.0 Å². The third-order valence-electron chi connectivity index (χ3n) is 4.93. The highest BCUT2D eigenvalue weighted by molar-refractivity contribution is 8.16. The molecule has 0 aromatic heterocycles. The van der Waals surface area contributed by atoms with Gasteiger partial charge in [-0.15, -0.1) is 0 Å². The molecule has 1 aromatic rings. The van der Waals surface area contributed by atoms with E-state index < -0.39 is 17.8 Å². The molecular weight excluding hydrogens is 393 g/mol. The van der Waals surface area contributed by atoms with Crippen molar-refractivity contribution in [2.24, 2.45) is 4.99 Å². The average molecular weight is 418 g/mol. The Bertz CT molecular complexity index is 926. The minimum absolute atomic E-state index is 0.0680. The third kappa shape index (κ3) is 4.37. The number of nitrogens with one attached hydrogen (secondary N) is 1. The van der Waals surface area contributed by atoms with Gasteiger partial charge in [0.1, 0.15) is 5.82 Å². The fourth-order valence-corrected chi connectivity index (χ4v) is 4.29. The van der Waals surface area contributed by atoms with Gasteiger partial charge in [0.25, 0.3) is 0 Å². The zero-order valence-corrected chi connectivity index (χ0v) is 17.7. The lowest BCUT2D eigenvalue weighted by Crippen LogP contribution is -2.39. The molecule has 0 spiro atoms. The predicted molar refractivity (Wildman–Crippen MR) is 111 cm³/mol. The molecule has 2 aliphatic heterocycles. The van der Waals surface area contributed by atoms with E-state index in [0.29, 0.717) is 27.7 Å². The van der Waals surface area contributed by atoms with Gasteiger partial charge in [-0.05, 0) is 43.4 Å². The van der Waals surface area contributed by atoms with Crippen molar-refractivity contribution in [2.75, 3.05) is 7.11 Å². The zero-order chi connectivity index (χ0) is 21.1. The summed E-state index contributed by atoms with van der Waals surface area (Å²) in [7, 11) is 1.31. The highest BCUT2D eigenvalue weighted by Gasteiger charge is 2.41. The molecule has 0 aliphatic carbocycles. The van der Waals surface area contributed by atoms with E-state index in [0.717, 1.165) is 6.42 Å². The van der Waals surface area contributed by atoms with Crippen LogP contribution in [0.3, 0.4) is 0 Å². The summed E-state index contributed by atoms with van der Waals surface area (Å²) in [6.45, 7) is 5.68. The van der Waals surface area contributed by atoms with Crippen molar-refractivity contribution in [1.29, 1.82) is 0 Å². The molecule has 0 radical (unpaired) electrons. The SMILES string of the molecule is CCC(C)NC(=O)CC1=CSC2=NC(C)=C(C(=O)OC)C(c3cccc(F)c3)N12. The zero-order valence-electron chi connectivity index (χ0n) is 16.9. The summed E-state index contributed by atoms with van der Waals surface area (Å²) >= 11 is 1.38. The molecule has 2 aliphatic rings. The summed E-state index contributed by atoms with van der Waals surface area (Å²) < 4.78 is 19.0. The van der Waals surface area contributed by atoms with Gasteiger partial charge in [0, 0.05) is 11.7 Å². The average Bonchev–Trinajstić information content (AvgIpc) is 3.07. The summed E-state index contributed by atoms with van der Waals surface area (Å²) in [6.07, 6.45) is 0.964. The van der Waals surface area contributed by atoms with Crippen LogP contribution in [0.5, 0.6) is 0 Å². The molecule has 3 rings (SSSR count). The number of hydrogen-bond donors (Lipinski definition) is 1. The summed E-state index contributed by atoms with van der Waals surface area (Å²) in [6, 6.07) is 5.55. The number of methoxy groups -OCH3 is 1. The number of amidine groups is 1. The van der Waals surface area contributed by atoms with Gasteiger partial charge >= 0.3 is 5.97 Å². The Kier molecular flexibility index (Phi) is 6.42. The van der Waals surface area contributed by atoms with Crippen LogP contribution in [0.25, 0.3) is 0 Å². The number of ether oxygens (including phenoxy) is 1. The molecule has 154 valence electrons. The topological polar surface area (TPSA) is 71.0 Å². The lowest BCUT2D eigenvalue weighted by Gasteiger charge is -2.36. The predicted octanol–water partition coefficient (Wildman–Crippen LogP) is 3.88. The molecule has 8 heteroatoms. The van der Waals surface area contributed by atoms with Crippen molar-refractivity contribution in [1.82, 2.24) is 10.2 Å². The molecule has 0 fully saturated rings. The maximum Gasteiger partial charge on any atom is 0.338 e. The molecule has 2 atom stereocenters. The lowest BCUT2D eigenvalue weighted by molar-refractivity contribution is -0.136. The first-order valence-electron chi connectivity index (χ1n) is 9.43. The van der Waals surface area contributed by atoms with E-state index in [1.807, 2.05) is 24.2 Å². The monoisotopic (exact) mass is 417 g/mol. The van der Waals surface area contributed by atoms with Gasteiger partial charge in [0.15, 0.2) is 5.17 Å². The van der Waals surface area contributed by atoms with Gasteiger partial charge in [-0.3, -0.25) is 4.79 Å². The number of rotatable bonds is 6. The van der Waals surface area contributed by atoms with E-state index in [9.17, 15) is 14.0 Å². The second kappa shape index (κ2) is 8.82. The minimum atomic E-state index is -0.622. The number of carbonyl (C=O) groups excluding carboxylic acids is 2. The van der Waals surface area contributed by atoms with Gasteiger partial charge in [-0.25, -0.2) is 14.2 Å². The maximum absolute atomic E-state index is 14.0. The number of nitrogens with zero attached hydrogens (tertiary/aromatic N) is 2. The number of hydrogen-bond acceptors (Lipinski definition) is 6. The Labute approximate surface area is 173 Å². The van der Waals surface area contributed by atoms with Crippen LogP contribution in [0.1, 0.15) is 45.2 Å². The fraction of sp³-hybridized carbons (Fsp3) is 0.381. The maximum atomic E-state index is 14.0. The first kappa shape index (κ1) is 21.1. The molecule has 0 saturated carbocycles. The molecule has 2 unspecified atom stereocenters. The van der Waals surface area contributed by atoms with Crippen LogP contribution in [0.2, 0.25) is 0 Å². The second-order valence-electron chi connectivity index (χ2n) is 6.99. The van der Waals surface area contributed by atoms with Crippen LogP contribution in [-0.4, -0.2) is 35.1 Å². The molecule has 1 aromatic carbocycles. The number of aliphatic imine (C=N–C) groups is 1. The number of benzene rings is 1. The van der Waals surface area contributed by atoms with Crippen molar-refractivity contribution >= 4 is 28.8 Å². The normalized spacial score (nSPS) is 19.3. The highest BCUT2D eigenvalue weighted by atomic mass is 32.2. The van der Waals surface area contributed by atoms with Crippen LogP contribution in [0.15, 0.2) is 51.6 Å². The number of carbonyl (C=O) groups is 2. The number of fused-ring (bicyclic) bond motifs is 1. The van der Waals surface area contributed by atoms with Gasteiger partial charge in [0.05, 0.1) is 30.8 Å². The van der Waals surface area contributed by atoms with Crippen LogP contribution in [0, 0.1) is 5.82 Å². The quantitative estimate of drug-likeness (QED) is 0.712. The van der Waals surface area contributed by atoms with E-state index in [2.05, 4.69) is 10.3 Å². The highest BCUT2D eigenvalue weighted by Crippen LogP contribution is 2.44. The number of esters is 1. The van der Waals surface area contributed by atoms with Crippen molar-refractivity contribution in [3.05, 3.63) is 58.0 Å². The summed E-state index contributed by atoms with van der Waals surface area (Å²) in [4.78, 5) is 31.4. The first-order valence-corrected chi connectivity index (χ1v) is 10.3. The molecule has 6 nitrogen and oxygen atoms in total. The number of thioether (sulfide) groups is 1. The van der Waals surface area contributed by atoms with Gasteiger partial charge in [-0.1, -0.05) is 30.8 Å². The Morgan fingerprint density at radius 3 is 2.83 bits per heavy atom. The molecule has 2 heterocycles. The first-order chi connectivity index (χ1) is 13.8. The van der Waals surface area contributed by atoms with Gasteiger partial charge in [0.2, 0.25) is 5.91 Å². The van der Waals surface area contributed by atoms with Gasteiger partial charge in [-0.2, -0.15) is 0 Å². The molecule has 1 N–H and O–H groups in total. The minimum Gasteiger partial charge on any atom is -0.466 e. The second-order valence-corrected chi connectivity index (χ2v) is 7.83. The van der Waals surface area contributed by atoms with Crippen molar-refractivity contribution in [3.63, 3.8) is 0 Å². The standard InChI is InChI=1S/C21H24FN3O3S/c1-5-12(2)23-17(26)10-16-11-29-21-24-13(3)18(20(27)28-4)19(25(16)21)14-7-6-8-15(22)9-14/h6-9,11-12,19H,5,10H2,1-4H3,(H,23,26). The largest absolute Gasteiger partial charge is 0.466 e. The van der Waals surface area contributed by atoms with E-state index in [-0.39, 0.29) is 18.4 Å². The summed E-state index contributed by atoms with van der Waals surface area (Å²) in [5.41, 5.74) is 2.15. The number of allylic oxidation sites excluding steroid dienone is 1. The summed E-state index contributed by atoms with van der Waals surface area (Å²) in [5.74, 6) is -1.04. The lowest BCUT2D eigenvalue weighted by atomic mass is 9.94. The molecule has 29 heavy (non-hydrogen) atoms. The fourth-order valence-electron chi connectivity index (χ4n) is 3.33. The van der Waals surface area contributed by atoms with Gasteiger partial charge < -0.3 is 15.0 Å². The Morgan fingerprint density at radius 2 is 2.17 bits per heavy atom. The van der Waals surface area contributed by atoms with Crippen molar-refractivity contribution in [2.45, 2.75) is 45.7 Å². The Morgan fingerprint density at radius 1 is 1.41 bits per heavy atom. The van der Waals surface area contributed by atoms with E-state index in [1.54, 1.807) is 19.1 Å². The van der Waals surface area contributed by atoms with Crippen molar-refractivity contribution in [3.8, 4) is 0 Å². The van der Waals surface area contributed by atoms with Crippen LogP contribution < -0.4 is 5.32 Å². The molecule has 0 saturated heterocycles. The van der Waals surface area contributed by atoms with Crippen LogP contribution in [0.4, 0.5) is 4.39 Å². The molecular formula is C21H24FN3O3S. The smallest absolute Gasteiger partial charge is 0.338 e. The number of amides is 1. The Hall–Kier alpha value is -2.61. The van der Waals surface area contributed by atoms with Crippen LogP contribution in [-0.2, 0) is 14.3 Å². The number of halogens is 1. The van der Waals surface area contributed by atoms with Crippen molar-refractivity contribution < 1.29 is 18.7 Å².